The maximum atomic E-state index is 14.6. The quantitative estimate of drug-likeness (QED) is 0.176. The van der Waals surface area contributed by atoms with Crippen LogP contribution in [0.3, 0.4) is 0 Å². The smallest absolute Gasteiger partial charge is 0.387 e. The summed E-state index contributed by atoms with van der Waals surface area (Å²) in [5, 5.41) is 2.40. The zero-order valence-corrected chi connectivity index (χ0v) is 22.2. The first-order valence-corrected chi connectivity index (χ1v) is 12.8. The molecule has 0 radical (unpaired) electrons. The molecule has 1 saturated carbocycles. The number of nitrogens with one attached hydrogen (secondary N) is 3. The Morgan fingerprint density at radius 1 is 1.12 bits per heavy atom. The maximum absolute atomic E-state index is 14.6. The van der Waals surface area contributed by atoms with E-state index in [4.69, 9.17) is 14.9 Å². The van der Waals surface area contributed by atoms with Crippen molar-refractivity contribution >= 4 is 11.8 Å². The summed E-state index contributed by atoms with van der Waals surface area (Å²) in [4.78, 5) is 30.4. The van der Waals surface area contributed by atoms with E-state index in [2.05, 4.69) is 25.9 Å². The van der Waals surface area contributed by atoms with Crippen LogP contribution in [0.5, 0.6) is 11.5 Å². The second-order valence-electron chi connectivity index (χ2n) is 9.65. The van der Waals surface area contributed by atoms with Gasteiger partial charge in [-0.2, -0.15) is 8.78 Å². The highest BCUT2D eigenvalue weighted by molar-refractivity contribution is 5.97. The van der Waals surface area contributed by atoms with Crippen molar-refractivity contribution in [2.24, 2.45) is 11.7 Å². The lowest BCUT2D eigenvalue weighted by Gasteiger charge is -2.20. The van der Waals surface area contributed by atoms with Crippen molar-refractivity contribution in [2.45, 2.75) is 51.9 Å². The molecule has 1 heterocycles. The number of alkyl halides is 2. The summed E-state index contributed by atoms with van der Waals surface area (Å²) in [6.45, 7) is 0.448. The normalized spacial score (nSPS) is 13.8. The highest BCUT2D eigenvalue weighted by Gasteiger charge is 2.30. The molecule has 1 aromatic heterocycles. The molecule has 4 rings (SSSR count). The molecule has 1 fully saturated rings. The number of oxazole rings is 1. The summed E-state index contributed by atoms with van der Waals surface area (Å²) < 4.78 is 69.9. The van der Waals surface area contributed by atoms with Gasteiger partial charge in [0, 0.05) is 23.2 Å². The van der Waals surface area contributed by atoms with E-state index >= 15 is 0 Å². The van der Waals surface area contributed by atoms with Crippen molar-refractivity contribution in [3.05, 3.63) is 65.1 Å². The van der Waals surface area contributed by atoms with Crippen LogP contribution in [0.4, 0.5) is 17.6 Å². The molecular weight excluding hydrogens is 550 g/mol. The van der Waals surface area contributed by atoms with E-state index in [-0.39, 0.29) is 52.6 Å². The van der Waals surface area contributed by atoms with Crippen molar-refractivity contribution in [3.63, 3.8) is 0 Å². The molecule has 41 heavy (non-hydrogen) atoms. The Balaban J connectivity index is 1.62. The van der Waals surface area contributed by atoms with Gasteiger partial charge in [0.25, 0.3) is 11.8 Å². The Morgan fingerprint density at radius 2 is 1.88 bits per heavy atom. The zero-order valence-electron chi connectivity index (χ0n) is 22.2. The number of carbonyl (C=O) groups excluding carboxylic acids is 2. The molecule has 1 atom stereocenters. The molecule has 5 N–H and O–H groups in total. The van der Waals surface area contributed by atoms with Crippen LogP contribution < -0.4 is 31.4 Å². The average molecular weight is 580 g/mol. The summed E-state index contributed by atoms with van der Waals surface area (Å²) in [7, 11) is 0. The van der Waals surface area contributed by atoms with Crippen LogP contribution in [0.15, 0.2) is 40.8 Å². The Bertz CT molecular complexity index is 1400. The number of hydrazine groups is 1. The Kier molecular flexibility index (Phi) is 9.45. The summed E-state index contributed by atoms with van der Waals surface area (Å²) in [6, 6.07) is 4.82. The molecule has 2 amide bonds. The van der Waals surface area contributed by atoms with Crippen molar-refractivity contribution in [1.29, 1.82) is 0 Å². The minimum Gasteiger partial charge on any atom is -0.489 e. The minimum absolute atomic E-state index is 0.0365. The van der Waals surface area contributed by atoms with Crippen molar-refractivity contribution in [2.75, 3.05) is 6.61 Å². The first kappa shape index (κ1) is 29.8. The Morgan fingerprint density at radius 3 is 2.51 bits per heavy atom. The number of halogens is 4. The van der Waals surface area contributed by atoms with E-state index in [9.17, 15) is 27.2 Å². The van der Waals surface area contributed by atoms with Gasteiger partial charge in [0.2, 0.25) is 5.89 Å². The predicted octanol–water partition coefficient (Wildman–Crippen LogP) is 3.97. The number of rotatable bonds is 13. The van der Waals surface area contributed by atoms with E-state index in [1.54, 1.807) is 13.8 Å². The number of nitrogens with two attached hydrogens (primary N) is 1. The molecule has 1 unspecified atom stereocenters. The van der Waals surface area contributed by atoms with Gasteiger partial charge in [0.05, 0.1) is 13.2 Å². The topological polar surface area (TPSA) is 141 Å². The van der Waals surface area contributed by atoms with Crippen molar-refractivity contribution in [1.82, 2.24) is 21.2 Å². The number of ether oxygens (including phenoxy) is 2. The fraction of sp³-hybridized carbons (Fsp3) is 0.370. The third-order valence-electron chi connectivity index (χ3n) is 5.97. The van der Waals surface area contributed by atoms with Gasteiger partial charge in [0.1, 0.15) is 17.7 Å². The van der Waals surface area contributed by atoms with Crippen LogP contribution >= 0.6 is 0 Å². The fourth-order valence-corrected chi connectivity index (χ4v) is 3.74. The molecule has 10 nitrogen and oxygen atoms in total. The van der Waals surface area contributed by atoms with Crippen molar-refractivity contribution < 1.29 is 41.0 Å². The van der Waals surface area contributed by atoms with Gasteiger partial charge in [-0.05, 0) is 56.9 Å². The highest BCUT2D eigenvalue weighted by atomic mass is 19.3. The molecule has 220 valence electrons. The average Bonchev–Trinajstić information content (AvgIpc) is 3.65. The van der Waals surface area contributed by atoms with Gasteiger partial charge < -0.3 is 24.9 Å². The lowest BCUT2D eigenvalue weighted by Crippen LogP contribution is -2.48. The van der Waals surface area contributed by atoms with Crippen molar-refractivity contribution in [3.8, 4) is 23.0 Å². The molecule has 0 aliphatic heterocycles. The van der Waals surface area contributed by atoms with E-state index in [0.29, 0.717) is 18.6 Å². The zero-order chi connectivity index (χ0) is 29.7. The second-order valence-corrected chi connectivity index (χ2v) is 9.65. The molecule has 0 saturated heterocycles. The highest BCUT2D eigenvalue weighted by Crippen LogP contribution is 2.36. The van der Waals surface area contributed by atoms with Crippen LogP contribution in [-0.2, 0) is 11.3 Å². The third-order valence-corrected chi connectivity index (χ3v) is 5.97. The van der Waals surface area contributed by atoms with Crippen LogP contribution in [0.25, 0.3) is 11.5 Å². The lowest BCUT2D eigenvalue weighted by molar-refractivity contribution is -0.124. The SMILES string of the molecule is CC(C)NNC(=O)C(NC(=O)c1nc(-c2ccc(OC(F)F)c(OCC3CC3)c2)oc1CN)c1ccc(F)cc1F. The van der Waals surface area contributed by atoms with Gasteiger partial charge >= 0.3 is 6.61 Å². The lowest BCUT2D eigenvalue weighted by atomic mass is 10.0. The maximum Gasteiger partial charge on any atom is 0.387 e. The number of nitrogens with zero attached hydrogens (tertiary/aromatic N) is 1. The Labute approximate surface area is 232 Å². The monoisotopic (exact) mass is 579 g/mol. The van der Waals surface area contributed by atoms with Gasteiger partial charge in [0.15, 0.2) is 23.0 Å². The fourth-order valence-electron chi connectivity index (χ4n) is 3.74. The Hall–Kier alpha value is -4.17. The first-order valence-electron chi connectivity index (χ1n) is 12.8. The molecule has 0 spiro atoms. The number of aromatic nitrogens is 1. The summed E-state index contributed by atoms with van der Waals surface area (Å²) in [5.74, 6) is -3.66. The molecule has 1 aliphatic carbocycles. The van der Waals surface area contributed by atoms with E-state index < -0.39 is 36.1 Å². The van der Waals surface area contributed by atoms with Gasteiger partial charge in [-0.3, -0.25) is 15.0 Å². The molecule has 14 heteroatoms. The number of amides is 2. The van der Waals surface area contributed by atoms with Gasteiger partial charge in [-0.1, -0.05) is 6.07 Å². The predicted molar refractivity (Wildman–Crippen MR) is 138 cm³/mol. The second kappa shape index (κ2) is 13.0. The third kappa shape index (κ3) is 7.73. The van der Waals surface area contributed by atoms with E-state index in [1.807, 2.05) is 0 Å². The summed E-state index contributed by atoms with van der Waals surface area (Å²) >= 11 is 0. The number of benzene rings is 2. The summed E-state index contributed by atoms with van der Waals surface area (Å²) in [6.07, 6.45) is 1.94. The largest absolute Gasteiger partial charge is 0.489 e. The van der Waals surface area contributed by atoms with E-state index in [0.717, 1.165) is 25.0 Å². The standard InChI is InChI=1S/C27H29F4N5O5/c1-13(2)35-36-25(38)22(17-7-6-16(28)10-18(17)29)33-24(37)23-21(11-32)40-26(34-23)15-5-8-19(41-27(30)31)20(9-15)39-12-14-3-4-14/h5-10,13-14,22,27,35H,3-4,11-12,32H2,1-2H3,(H,33,37)(H,36,38). The molecular formula is C27H29F4N5O5. The first-order chi connectivity index (χ1) is 19.5. The number of hydrogen-bond donors (Lipinski definition) is 4. The molecule has 0 bridgehead atoms. The van der Waals surface area contributed by atoms with Gasteiger partial charge in [-0.25, -0.2) is 19.2 Å². The minimum atomic E-state index is -3.07. The van der Waals surface area contributed by atoms with Crippen LogP contribution in [-0.4, -0.2) is 36.1 Å². The summed E-state index contributed by atoms with van der Waals surface area (Å²) in [5.41, 5.74) is 10.5. The number of hydrogen-bond acceptors (Lipinski definition) is 8. The molecule has 2 aromatic carbocycles. The number of carbonyl (C=O) groups is 2. The van der Waals surface area contributed by atoms with Crippen LogP contribution in [0.1, 0.15) is 54.5 Å². The van der Waals surface area contributed by atoms with E-state index in [1.165, 1.54) is 18.2 Å². The van der Waals surface area contributed by atoms with Crippen LogP contribution in [0.2, 0.25) is 0 Å². The van der Waals surface area contributed by atoms with Gasteiger partial charge in [-0.15, -0.1) is 0 Å². The molecule has 3 aromatic rings. The van der Waals surface area contributed by atoms with Crippen LogP contribution in [0, 0.1) is 17.6 Å². The molecule has 1 aliphatic rings.